The smallest absolute Gasteiger partial charge is 0.287 e. The summed E-state index contributed by atoms with van der Waals surface area (Å²) >= 11 is 1.03. The summed E-state index contributed by atoms with van der Waals surface area (Å²) in [7, 11) is 0. The maximum Gasteiger partial charge on any atom is 0.287 e. The molecule has 30 heavy (non-hydrogen) atoms. The van der Waals surface area contributed by atoms with Crippen molar-refractivity contribution in [3.8, 4) is 0 Å². The first-order chi connectivity index (χ1) is 14.3. The van der Waals surface area contributed by atoms with E-state index in [1.165, 1.54) is 0 Å². The Kier molecular flexibility index (Phi) is 5.83. The summed E-state index contributed by atoms with van der Waals surface area (Å²) in [6, 6.07) is -1.68. The Hall–Kier alpha value is -2.40. The quantitative estimate of drug-likeness (QED) is 0.729. The Bertz CT molecular complexity index is 916. The third-order valence-corrected chi connectivity index (χ3v) is 6.31. The molecule has 3 N–H and O–H groups in total. The van der Waals surface area contributed by atoms with Gasteiger partial charge in [-0.3, -0.25) is 14.5 Å². The van der Waals surface area contributed by atoms with Crippen molar-refractivity contribution in [1.29, 1.82) is 0 Å². The largest absolute Gasteiger partial charge is 0.377 e. The molecule has 2 aliphatic heterocycles. The lowest BCUT2D eigenvalue weighted by molar-refractivity contribution is -0.119. The van der Waals surface area contributed by atoms with Gasteiger partial charge in [0.05, 0.1) is 12.7 Å². The first kappa shape index (κ1) is 20.9. The summed E-state index contributed by atoms with van der Waals surface area (Å²) < 4.78 is 34.9. The predicted molar refractivity (Wildman–Crippen MR) is 109 cm³/mol. The second kappa shape index (κ2) is 8.38. The van der Waals surface area contributed by atoms with E-state index in [2.05, 4.69) is 10.3 Å². The molecule has 3 aliphatic rings. The van der Waals surface area contributed by atoms with Crippen molar-refractivity contribution in [2.24, 2.45) is 5.73 Å². The number of aromatic nitrogens is 2. The van der Waals surface area contributed by atoms with Gasteiger partial charge in [0.2, 0.25) is 5.91 Å². The van der Waals surface area contributed by atoms with Crippen LogP contribution in [0.15, 0.2) is 24.0 Å². The fourth-order valence-corrected chi connectivity index (χ4v) is 4.72. The number of amides is 2. The van der Waals surface area contributed by atoms with Crippen LogP contribution in [0.1, 0.15) is 25.6 Å². The van der Waals surface area contributed by atoms with Gasteiger partial charge in [-0.15, -0.1) is 0 Å². The van der Waals surface area contributed by atoms with E-state index >= 15 is 0 Å². The standard InChI is InChI=1S/C19H23F2N5O3S/c1-10(17(22)27)23-11-2-3-12-14(8-11)29-6-5-25-9-15(24-18(12)25)26-13(16(20)21)4-7-30-19(26)28/h2-3,9-10,13-14,16,23H,4-8H2,1H3,(H2,22,27)/t10-,13-,14?/m0/s1. The van der Waals surface area contributed by atoms with E-state index in [1.54, 1.807) is 13.1 Å². The number of ether oxygens (including phenoxy) is 1. The predicted octanol–water partition coefficient (Wildman–Crippen LogP) is 2.11. The number of nitrogens with two attached hydrogens (primary N) is 1. The van der Waals surface area contributed by atoms with Gasteiger partial charge in [-0.25, -0.2) is 13.8 Å². The van der Waals surface area contributed by atoms with Crippen molar-refractivity contribution >= 4 is 34.3 Å². The highest BCUT2D eigenvalue weighted by molar-refractivity contribution is 8.14. The number of hydrogen-bond donors (Lipinski definition) is 2. The Balaban J connectivity index is 1.65. The Labute approximate surface area is 176 Å². The van der Waals surface area contributed by atoms with Gasteiger partial charge < -0.3 is 20.4 Å². The zero-order valence-corrected chi connectivity index (χ0v) is 17.2. The van der Waals surface area contributed by atoms with Crippen molar-refractivity contribution in [3.63, 3.8) is 0 Å². The van der Waals surface area contributed by atoms with Gasteiger partial charge in [0.25, 0.3) is 11.7 Å². The Morgan fingerprint density at radius 1 is 1.43 bits per heavy atom. The van der Waals surface area contributed by atoms with Crippen molar-refractivity contribution in [2.45, 2.75) is 50.9 Å². The number of carbonyl (C=O) groups is 2. The first-order valence-electron chi connectivity index (χ1n) is 9.75. The first-order valence-corrected chi connectivity index (χ1v) is 10.7. The number of nitrogens with one attached hydrogen (secondary N) is 1. The number of halogens is 2. The monoisotopic (exact) mass is 439 g/mol. The summed E-state index contributed by atoms with van der Waals surface area (Å²) in [4.78, 5) is 29.4. The second-order valence-corrected chi connectivity index (χ2v) is 8.48. The number of hydrogen-bond acceptors (Lipinski definition) is 6. The number of imidazole rings is 1. The highest BCUT2D eigenvalue weighted by Gasteiger charge is 2.38. The molecule has 0 saturated carbocycles. The maximum atomic E-state index is 13.5. The maximum absolute atomic E-state index is 13.5. The minimum atomic E-state index is -2.63. The van der Waals surface area contributed by atoms with Crippen molar-refractivity contribution < 1.29 is 23.1 Å². The minimum Gasteiger partial charge on any atom is -0.377 e. The molecular weight excluding hydrogens is 416 g/mol. The van der Waals surface area contributed by atoms with Gasteiger partial charge >= 0.3 is 0 Å². The van der Waals surface area contributed by atoms with Gasteiger partial charge in [0.1, 0.15) is 17.9 Å². The van der Waals surface area contributed by atoms with E-state index in [9.17, 15) is 18.4 Å². The molecule has 162 valence electrons. The number of alkyl halides is 2. The van der Waals surface area contributed by atoms with Gasteiger partial charge in [0, 0.05) is 36.2 Å². The van der Waals surface area contributed by atoms with Gasteiger partial charge in [-0.1, -0.05) is 17.8 Å². The fourth-order valence-electron chi connectivity index (χ4n) is 3.81. The van der Waals surface area contributed by atoms with Crippen molar-refractivity contribution in [2.75, 3.05) is 17.3 Å². The molecule has 0 spiro atoms. The van der Waals surface area contributed by atoms with Crippen LogP contribution in [0.5, 0.6) is 0 Å². The number of thioether (sulfide) groups is 1. The molecule has 8 nitrogen and oxygen atoms in total. The normalized spacial score (nSPS) is 25.1. The molecule has 1 aromatic heterocycles. The van der Waals surface area contributed by atoms with Crippen LogP contribution in [-0.2, 0) is 16.1 Å². The lowest BCUT2D eigenvalue weighted by atomic mass is 9.98. The van der Waals surface area contributed by atoms with Crippen LogP contribution in [0.4, 0.5) is 19.4 Å². The molecule has 0 radical (unpaired) electrons. The molecule has 0 bridgehead atoms. The number of rotatable bonds is 5. The SMILES string of the molecule is C[C@H](NC1=CC=C2c3nc(N4C(=O)SCC[C@H]4C(F)F)cn3CCOC2C1)C(N)=O. The zero-order chi connectivity index (χ0) is 21.4. The summed E-state index contributed by atoms with van der Waals surface area (Å²) in [6.45, 7) is 2.58. The fraction of sp³-hybridized carbons (Fsp3) is 0.526. The zero-order valence-electron chi connectivity index (χ0n) is 16.4. The molecule has 3 heterocycles. The minimum absolute atomic E-state index is 0.223. The number of anilines is 1. The topological polar surface area (TPSA) is 102 Å². The van der Waals surface area contributed by atoms with E-state index in [1.807, 2.05) is 16.7 Å². The van der Waals surface area contributed by atoms with E-state index in [0.717, 1.165) is 27.9 Å². The number of allylic oxidation sites excluding steroid dienone is 2. The summed E-state index contributed by atoms with van der Waals surface area (Å²) in [5, 5.41) is 2.67. The van der Waals surface area contributed by atoms with E-state index in [0.29, 0.717) is 31.1 Å². The summed E-state index contributed by atoms with van der Waals surface area (Å²) in [5.74, 6) is 0.764. The van der Waals surface area contributed by atoms with Crippen LogP contribution in [0.3, 0.4) is 0 Å². The van der Waals surface area contributed by atoms with Crippen molar-refractivity contribution in [1.82, 2.24) is 14.9 Å². The molecule has 1 unspecified atom stereocenters. The third kappa shape index (κ3) is 3.95. The molecule has 11 heteroatoms. The second-order valence-electron chi connectivity index (χ2n) is 7.44. The molecule has 3 atom stereocenters. The number of primary amides is 1. The van der Waals surface area contributed by atoms with E-state index in [4.69, 9.17) is 10.5 Å². The van der Waals surface area contributed by atoms with Crippen LogP contribution in [0.25, 0.3) is 5.57 Å². The number of fused-ring (bicyclic) bond motifs is 3. The van der Waals surface area contributed by atoms with Crippen LogP contribution < -0.4 is 16.0 Å². The average Bonchev–Trinajstić information content (AvgIpc) is 3.03. The molecule has 4 rings (SSSR count). The number of nitrogens with zero attached hydrogens (tertiary/aromatic N) is 3. The van der Waals surface area contributed by atoms with Gasteiger partial charge in [0.15, 0.2) is 5.82 Å². The molecule has 0 aromatic carbocycles. The molecule has 1 aromatic rings. The van der Waals surface area contributed by atoms with E-state index < -0.39 is 29.7 Å². The van der Waals surface area contributed by atoms with Gasteiger partial charge in [-0.2, -0.15) is 0 Å². The highest BCUT2D eigenvalue weighted by Crippen LogP contribution is 2.35. The summed E-state index contributed by atoms with van der Waals surface area (Å²) in [5.41, 5.74) is 6.94. The molecular formula is C19H23F2N5O3S. The van der Waals surface area contributed by atoms with Crippen LogP contribution in [0.2, 0.25) is 0 Å². The lowest BCUT2D eigenvalue weighted by Crippen LogP contribution is -2.46. The molecule has 1 saturated heterocycles. The van der Waals surface area contributed by atoms with Crippen molar-refractivity contribution in [3.05, 3.63) is 29.9 Å². The average molecular weight is 439 g/mol. The van der Waals surface area contributed by atoms with Crippen LogP contribution in [-0.4, -0.2) is 57.7 Å². The Morgan fingerprint density at radius 2 is 2.23 bits per heavy atom. The highest BCUT2D eigenvalue weighted by atomic mass is 32.2. The third-order valence-electron chi connectivity index (χ3n) is 5.42. The van der Waals surface area contributed by atoms with Crippen LogP contribution >= 0.6 is 11.8 Å². The van der Waals surface area contributed by atoms with Gasteiger partial charge in [-0.05, 0) is 19.4 Å². The summed E-state index contributed by atoms with van der Waals surface area (Å²) in [6.07, 6.45) is 3.12. The molecule has 2 amide bonds. The lowest BCUT2D eigenvalue weighted by Gasteiger charge is -2.32. The van der Waals surface area contributed by atoms with Crippen LogP contribution in [0, 0.1) is 0 Å². The molecule has 1 aliphatic carbocycles. The molecule has 1 fully saturated rings. The Morgan fingerprint density at radius 3 is 2.97 bits per heavy atom. The number of carbonyl (C=O) groups excluding carboxylic acids is 2. The van der Waals surface area contributed by atoms with E-state index in [-0.39, 0.29) is 18.3 Å².